The van der Waals surface area contributed by atoms with Gasteiger partial charge in [-0.15, -0.1) is 0 Å². The van der Waals surface area contributed by atoms with Crippen molar-refractivity contribution in [2.45, 2.75) is 249 Å². The molecule has 38 bridgehead atoms. The molecule has 133 heavy (non-hydrogen) atoms. The van der Waals surface area contributed by atoms with Crippen molar-refractivity contribution in [3.63, 3.8) is 0 Å². The lowest BCUT2D eigenvalue weighted by Gasteiger charge is -2.60. The second-order valence-electron chi connectivity index (χ2n) is 38.6. The Morgan fingerprint density at radius 1 is 0.0451 bits per heavy atom. The van der Waals surface area contributed by atoms with Gasteiger partial charge in [0.2, 0.25) is 0 Å². The maximum Gasteiger partial charge on any atom is 0.475 e. The van der Waals surface area contributed by atoms with Crippen molar-refractivity contribution >= 4 is 335 Å². The first kappa shape index (κ1) is 106. The van der Waals surface area contributed by atoms with Gasteiger partial charge in [-0.3, -0.25) is 0 Å². The Morgan fingerprint density at radius 2 is 0.0602 bits per heavy atom. The van der Waals surface area contributed by atoms with E-state index in [1.165, 1.54) is 0 Å². The molecule has 0 N–H and O–H groups in total. The average Bonchev–Trinajstić information content (AvgIpc) is 0.705. The summed E-state index contributed by atoms with van der Waals surface area (Å²) in [5.41, 5.74) is 0. The highest BCUT2D eigenvalue weighted by Gasteiger charge is 2.87. The van der Waals surface area contributed by atoms with Crippen LogP contribution in [-0.2, 0) is 235 Å². The monoisotopic (exact) mass is 2550 g/mol. The van der Waals surface area contributed by atoms with Crippen molar-refractivity contribution in [1.29, 1.82) is 0 Å². The van der Waals surface area contributed by atoms with Gasteiger partial charge >= 0.3 is 335 Å². The normalized spacial score (nSPS) is 66.0. The molecule has 0 saturated carbocycles. The van der Waals surface area contributed by atoms with Gasteiger partial charge in [-0.1, -0.05) is 0 Å². The lowest BCUT2D eigenvalue weighted by molar-refractivity contribution is -0.0231. The lowest BCUT2D eigenvalue weighted by Crippen LogP contribution is -2.86. The summed E-state index contributed by atoms with van der Waals surface area (Å²) in [7, 11) is -153. The summed E-state index contributed by atoms with van der Waals surface area (Å²) < 4.78 is 390. The number of rotatable bonds is 0. The maximum atomic E-state index is 7.08. The van der Waals surface area contributed by atoms with E-state index in [2.05, 4.69) is 0 Å². The van der Waals surface area contributed by atoms with Crippen molar-refractivity contribution in [3.8, 4) is 0 Å². The van der Waals surface area contributed by atoms with E-state index in [0.29, 0.717) is 0 Å². The minimum atomic E-state index is -4.33. The minimum absolute atomic E-state index is 1.66. The lowest BCUT2D eigenvalue weighted by atomic mass is 11.9. The zero-order valence-corrected chi connectivity index (χ0v) is 118. The van der Waals surface area contributed by atoms with Gasteiger partial charge in [-0.05, 0) is 0 Å². The van der Waals surface area contributed by atoms with Crippen LogP contribution in [0.1, 0.15) is 0 Å². The molecule has 24 saturated heterocycles. The average molecular weight is 2550 g/mol. The molecule has 0 radical (unpaired) electrons. The van der Waals surface area contributed by atoms with Crippen LogP contribution in [0.2, 0.25) is 249 Å². The van der Waals surface area contributed by atoms with Gasteiger partial charge in [0, 0.05) is 249 Å². The molecule has 0 unspecified atom stereocenters. The molecule has 0 aromatic carbocycles. The molecule has 24 aliphatic heterocycles. The van der Waals surface area contributed by atoms with E-state index in [-0.39, 0.29) is 0 Å². The standard InChI is InChI=1S/C16H48O24Si16.C14H42O21Si14.C8H24O12Si8/c1-41-17-49(9)33-52(12)20-44(4)27-42(2,25-41)18-50(10)35-51(11)19-43(3,26-41)28-45(5)21-53(13,34-49)39-56(16,38-52)24-48(8)31-46(6,29-44)22-54(14,36-50)40-55(15,37-51)23-47(7,30-45)32-48;1-36-15-40(5)16-37(2)20-44(9)31-48(13,27-40)29-42(7,19-36)33-43(8)21-38(3)17-41(6)18-39(4,22-45(10,34-44)32-49(14,28-41)30-43)26-47(12,25-37)35-46(11,23-36)24-38;1-21-9-22(2)12-25(5)14-23(3,10-21)16-27(7)17-24(4,11-21)15-26(6,13-22)19-28(8,18-25)20-27/h1-16H3;1-14H3;1-8H3. The Labute approximate surface area is 810 Å². The molecular formula is C38H114O57Si38. The van der Waals surface area contributed by atoms with Crippen molar-refractivity contribution in [2.75, 3.05) is 0 Å². The Morgan fingerprint density at radius 3 is 0.0752 bits per heavy atom. The summed E-state index contributed by atoms with van der Waals surface area (Å²) in [5.74, 6) is 0. The molecule has 0 atom stereocenters. The van der Waals surface area contributed by atoms with E-state index in [0.717, 1.165) is 0 Å². The minimum Gasteiger partial charge on any atom is -0.374 e. The first-order chi connectivity index (χ1) is 59.3. The Balaban J connectivity index is 0.000000130. The summed E-state index contributed by atoms with van der Waals surface area (Å²) in [4.78, 5) is 0. The largest absolute Gasteiger partial charge is 0.475 e. The summed E-state index contributed by atoms with van der Waals surface area (Å²) in [6.07, 6.45) is 0. The number of fused-ring (bicyclic) bond motifs is 6. The van der Waals surface area contributed by atoms with Gasteiger partial charge in [0.1, 0.15) is 0 Å². The molecule has 24 rings (SSSR count). The zero-order chi connectivity index (χ0) is 97.3. The quantitative estimate of drug-likeness (QED) is 0.311. The maximum absolute atomic E-state index is 7.08. The van der Waals surface area contributed by atoms with Crippen LogP contribution in [-0.4, -0.2) is 335 Å². The third-order valence-electron chi connectivity index (χ3n) is 21.1. The van der Waals surface area contributed by atoms with E-state index in [4.69, 9.17) is 235 Å². The zero-order valence-electron chi connectivity index (χ0n) is 80.3. The van der Waals surface area contributed by atoms with Crippen LogP contribution in [0.3, 0.4) is 0 Å². The van der Waals surface area contributed by atoms with Crippen LogP contribution in [0, 0.1) is 0 Å². The van der Waals surface area contributed by atoms with Crippen LogP contribution >= 0.6 is 0 Å². The van der Waals surface area contributed by atoms with Gasteiger partial charge in [-0.25, -0.2) is 0 Å². The Hall–Kier alpha value is 5.96. The molecular weight excluding hydrogens is 2440 g/mol. The molecule has 24 fully saturated rings. The number of hydrogen-bond donors (Lipinski definition) is 0. The fourth-order valence-corrected chi connectivity index (χ4v) is 237. The van der Waals surface area contributed by atoms with Gasteiger partial charge in [0.15, 0.2) is 0 Å². The van der Waals surface area contributed by atoms with Gasteiger partial charge in [0.05, 0.1) is 0 Å². The highest BCUT2D eigenvalue weighted by Crippen LogP contribution is 2.57. The molecule has 0 aliphatic carbocycles. The molecule has 0 aromatic heterocycles. The fourth-order valence-electron chi connectivity index (χ4n) is 21.6. The van der Waals surface area contributed by atoms with E-state index in [9.17, 15) is 0 Å². The second kappa shape index (κ2) is 30.6. The van der Waals surface area contributed by atoms with Crippen molar-refractivity contribution in [2.24, 2.45) is 0 Å². The summed E-state index contributed by atoms with van der Waals surface area (Å²) in [6.45, 7) is 64.0. The smallest absolute Gasteiger partial charge is 0.374 e. The van der Waals surface area contributed by atoms with Gasteiger partial charge < -0.3 is 235 Å². The summed E-state index contributed by atoms with van der Waals surface area (Å²) in [6, 6.07) is 0. The van der Waals surface area contributed by atoms with Crippen molar-refractivity contribution < 1.29 is 235 Å². The molecule has 24 heterocycles. The topological polar surface area (TPSA) is 526 Å². The van der Waals surface area contributed by atoms with Crippen LogP contribution in [0.25, 0.3) is 0 Å². The number of hydrogen-bond acceptors (Lipinski definition) is 57. The predicted molar refractivity (Wildman–Crippen MR) is 503 cm³/mol. The first-order valence-corrected chi connectivity index (χ1v) is 127. The Kier molecular flexibility index (Phi) is 24.4. The van der Waals surface area contributed by atoms with E-state index in [1.54, 1.807) is 249 Å². The van der Waals surface area contributed by atoms with Crippen molar-refractivity contribution in [3.05, 3.63) is 0 Å². The van der Waals surface area contributed by atoms with Crippen LogP contribution in [0.15, 0.2) is 0 Å². The highest BCUT2D eigenvalue weighted by atomic mass is 28.7. The molecule has 0 spiro atoms. The van der Waals surface area contributed by atoms with Crippen LogP contribution in [0.4, 0.5) is 0 Å². The molecule has 760 valence electrons. The van der Waals surface area contributed by atoms with E-state index in [1.807, 2.05) is 0 Å². The SMILES string of the molecule is C[Si]12O[Si]3(C)O[Si]4(C)O[Si](C)(O1)O[Si]1(C)O[Si](C)(O2)O[Si](C)(O3)O[Si](C)(O4)O1.C[Si]12O[Si]3(C)O[Si]4(C)O[Si](C)(O1)O[Si]1(C)O[Si]5(C)O[Si]6(C)O[Si](C)(O[Si](C)(O5)O4)O[Si]4(C)O[Si](C)(O6)O[Si](C)(O[Si](C)(O2)O[Si](C)(O3)O4)O1.C[Si]12O[Si]3(C)O[Si]4(C)O[Si](C)(O1)O[Si]1(C)O[Si]5(C)O[Si]6(C)O[Si]7(C)O[Si]8(C)O[Si](C)(O6)O[Si](C)(O1)O[Si](C)(O4)O[Si](C)(O8)O[Si](C)(O3)O[Si](C)(O7)O[Si](C)(O2)O5. The summed E-state index contributed by atoms with van der Waals surface area (Å²) in [5, 5.41) is 0. The van der Waals surface area contributed by atoms with E-state index < -0.39 is 335 Å². The molecule has 0 aromatic rings. The van der Waals surface area contributed by atoms with Crippen molar-refractivity contribution in [1.82, 2.24) is 0 Å². The third kappa shape index (κ3) is 21.1. The summed E-state index contributed by atoms with van der Waals surface area (Å²) >= 11 is 0. The second-order valence-corrected chi connectivity index (χ2v) is 151. The predicted octanol–water partition coefficient (Wildman–Crippen LogP) is 3.82. The van der Waals surface area contributed by atoms with Crippen LogP contribution in [0.5, 0.6) is 0 Å². The highest BCUT2D eigenvalue weighted by molar-refractivity contribution is 7.09. The molecule has 0 amide bonds. The van der Waals surface area contributed by atoms with Gasteiger partial charge in [0.25, 0.3) is 0 Å². The van der Waals surface area contributed by atoms with E-state index >= 15 is 0 Å². The molecule has 24 aliphatic rings. The fraction of sp³-hybridized carbons (Fsp3) is 1.00. The first-order valence-electron chi connectivity index (χ1n) is 42.3. The Bertz CT molecular complexity index is 3960. The van der Waals surface area contributed by atoms with Gasteiger partial charge in [-0.2, -0.15) is 0 Å². The molecule has 57 nitrogen and oxygen atoms in total. The third-order valence-corrected chi connectivity index (χ3v) is 190. The molecule has 95 heteroatoms. The van der Waals surface area contributed by atoms with Crippen LogP contribution < -0.4 is 0 Å².